The number of carboxylic acids is 3. The van der Waals surface area contributed by atoms with Gasteiger partial charge in [-0.25, -0.2) is 4.79 Å². The van der Waals surface area contributed by atoms with Gasteiger partial charge >= 0.3 is 17.9 Å². The van der Waals surface area contributed by atoms with Crippen molar-refractivity contribution in [3.05, 3.63) is 41.5 Å². The molecular formula is C21H30O7. The minimum Gasteiger partial charge on any atom is -0.508 e. The van der Waals surface area contributed by atoms with E-state index in [4.69, 9.17) is 15.3 Å². The highest BCUT2D eigenvalue weighted by Gasteiger charge is 2.06. The minimum atomic E-state index is -1.08. The smallest absolute Gasteiger partial charge is 0.335 e. The van der Waals surface area contributed by atoms with Crippen molar-refractivity contribution in [2.45, 2.75) is 64.7 Å². The van der Waals surface area contributed by atoms with E-state index in [9.17, 15) is 19.5 Å². The number of unbranched alkanes of at least 4 members (excludes halogenated alkanes) is 5. The highest BCUT2D eigenvalue weighted by molar-refractivity contribution is 5.88. The van der Waals surface area contributed by atoms with Gasteiger partial charge in [0.05, 0.1) is 18.4 Å². The van der Waals surface area contributed by atoms with E-state index in [1.165, 1.54) is 50.3 Å². The van der Waals surface area contributed by atoms with Crippen LogP contribution in [0, 0.1) is 0 Å². The number of benzene rings is 1. The van der Waals surface area contributed by atoms with E-state index in [1.807, 2.05) is 6.08 Å². The molecule has 7 heteroatoms. The first-order valence-corrected chi connectivity index (χ1v) is 9.41. The maximum Gasteiger partial charge on any atom is 0.335 e. The van der Waals surface area contributed by atoms with Crippen LogP contribution in [0.3, 0.4) is 0 Å². The largest absolute Gasteiger partial charge is 0.508 e. The van der Waals surface area contributed by atoms with E-state index in [0.29, 0.717) is 12.0 Å². The summed E-state index contributed by atoms with van der Waals surface area (Å²) in [6.45, 7) is 2.21. The van der Waals surface area contributed by atoms with E-state index in [0.717, 1.165) is 6.42 Å². The number of hydrogen-bond donors (Lipinski definition) is 4. The van der Waals surface area contributed by atoms with Crippen LogP contribution in [-0.2, 0) is 16.0 Å². The summed E-state index contributed by atoms with van der Waals surface area (Å²) < 4.78 is 0. The molecule has 0 aliphatic carbocycles. The molecule has 0 aliphatic rings. The van der Waals surface area contributed by atoms with E-state index < -0.39 is 17.9 Å². The second-order valence-electron chi connectivity index (χ2n) is 6.31. The van der Waals surface area contributed by atoms with Crippen molar-refractivity contribution in [2.75, 3.05) is 0 Å². The van der Waals surface area contributed by atoms with Gasteiger partial charge in [0.15, 0.2) is 0 Å². The predicted octanol–water partition coefficient (Wildman–Crippen LogP) is 4.49. The Morgan fingerprint density at radius 2 is 1.50 bits per heavy atom. The summed E-state index contributed by atoms with van der Waals surface area (Å²) in [5, 5.41) is 34.4. The fourth-order valence-electron chi connectivity index (χ4n) is 2.29. The fraction of sp³-hybridized carbons (Fsp3) is 0.476. The van der Waals surface area contributed by atoms with Gasteiger partial charge in [-0.3, -0.25) is 9.59 Å². The quantitative estimate of drug-likeness (QED) is 0.303. The molecule has 0 aliphatic heterocycles. The second-order valence-corrected chi connectivity index (χ2v) is 6.31. The van der Waals surface area contributed by atoms with Gasteiger partial charge in [-0.2, -0.15) is 0 Å². The summed E-state index contributed by atoms with van der Waals surface area (Å²) in [4.78, 5) is 30.1. The summed E-state index contributed by atoms with van der Waals surface area (Å²) in [7, 11) is 0. The lowest BCUT2D eigenvalue weighted by atomic mass is 10.1. The van der Waals surface area contributed by atoms with Crippen LogP contribution in [0.15, 0.2) is 30.4 Å². The van der Waals surface area contributed by atoms with E-state index in [1.54, 1.807) is 0 Å². The first kappa shape index (κ1) is 25.2. The molecule has 7 nitrogen and oxygen atoms in total. The lowest BCUT2D eigenvalue weighted by Gasteiger charge is -2.03. The van der Waals surface area contributed by atoms with Gasteiger partial charge in [0.1, 0.15) is 5.75 Å². The summed E-state index contributed by atoms with van der Waals surface area (Å²) >= 11 is 0. The lowest BCUT2D eigenvalue weighted by Crippen LogP contribution is -2.00. The Labute approximate surface area is 165 Å². The Morgan fingerprint density at radius 1 is 0.893 bits per heavy atom. The maximum atomic E-state index is 10.9. The molecule has 0 aromatic heterocycles. The van der Waals surface area contributed by atoms with E-state index in [-0.39, 0.29) is 24.2 Å². The van der Waals surface area contributed by atoms with Gasteiger partial charge in [-0.05, 0) is 43.0 Å². The first-order chi connectivity index (χ1) is 13.3. The van der Waals surface area contributed by atoms with Gasteiger partial charge < -0.3 is 20.4 Å². The van der Waals surface area contributed by atoms with Gasteiger partial charge in [0, 0.05) is 0 Å². The SMILES string of the molecule is CCCCCCCC=CCc1cc(C(=O)O)ccc1O.O=C(O)CCC(=O)O. The number of aliphatic carboxylic acids is 2. The Bertz CT molecular complexity index is 636. The molecule has 1 aromatic carbocycles. The Kier molecular flexibility index (Phi) is 13.7. The van der Waals surface area contributed by atoms with Crippen molar-refractivity contribution in [1.82, 2.24) is 0 Å². The summed E-state index contributed by atoms with van der Waals surface area (Å²) in [6, 6.07) is 4.39. The van der Waals surface area contributed by atoms with Crippen molar-refractivity contribution in [1.29, 1.82) is 0 Å². The van der Waals surface area contributed by atoms with Crippen LogP contribution in [-0.4, -0.2) is 38.3 Å². The molecule has 0 heterocycles. The van der Waals surface area contributed by atoms with Gasteiger partial charge in [0.2, 0.25) is 0 Å². The maximum absolute atomic E-state index is 10.9. The van der Waals surface area contributed by atoms with Crippen LogP contribution in [0.5, 0.6) is 5.75 Å². The Hall–Kier alpha value is -2.83. The number of phenolic OH excluding ortho intramolecular Hbond substituents is 1. The number of rotatable bonds is 12. The number of hydrogen-bond acceptors (Lipinski definition) is 4. The molecule has 0 spiro atoms. The molecule has 28 heavy (non-hydrogen) atoms. The minimum absolute atomic E-state index is 0.155. The zero-order valence-corrected chi connectivity index (χ0v) is 16.3. The van der Waals surface area contributed by atoms with Crippen LogP contribution < -0.4 is 0 Å². The van der Waals surface area contributed by atoms with Crippen molar-refractivity contribution in [3.8, 4) is 5.75 Å². The Morgan fingerprint density at radius 3 is 2.04 bits per heavy atom. The number of carboxylic acid groups (broad SMARTS) is 3. The van der Waals surface area contributed by atoms with Crippen molar-refractivity contribution in [2.24, 2.45) is 0 Å². The van der Waals surface area contributed by atoms with Gasteiger partial charge in [-0.1, -0.05) is 44.8 Å². The van der Waals surface area contributed by atoms with E-state index >= 15 is 0 Å². The summed E-state index contributed by atoms with van der Waals surface area (Å²) in [5.74, 6) is -2.96. The molecule has 4 N–H and O–H groups in total. The molecule has 1 rings (SSSR count). The highest BCUT2D eigenvalue weighted by atomic mass is 16.4. The van der Waals surface area contributed by atoms with Crippen molar-refractivity contribution in [3.63, 3.8) is 0 Å². The number of aromatic carboxylic acids is 1. The summed E-state index contributed by atoms with van der Waals surface area (Å²) in [6.07, 6.45) is 11.4. The predicted molar refractivity (Wildman–Crippen MR) is 106 cm³/mol. The zero-order valence-electron chi connectivity index (χ0n) is 16.3. The van der Waals surface area contributed by atoms with Crippen LogP contribution in [0.4, 0.5) is 0 Å². The van der Waals surface area contributed by atoms with Gasteiger partial charge in [-0.15, -0.1) is 0 Å². The number of carbonyl (C=O) groups is 3. The summed E-state index contributed by atoms with van der Waals surface area (Å²) in [5.41, 5.74) is 0.873. The van der Waals surface area contributed by atoms with Crippen molar-refractivity contribution >= 4 is 17.9 Å². The molecule has 0 fully saturated rings. The monoisotopic (exact) mass is 394 g/mol. The molecule has 0 bridgehead atoms. The van der Waals surface area contributed by atoms with Crippen molar-refractivity contribution < 1.29 is 34.8 Å². The third-order valence-electron chi connectivity index (χ3n) is 3.86. The third kappa shape index (κ3) is 13.4. The Balaban J connectivity index is 0.000000769. The normalized spacial score (nSPS) is 10.3. The number of allylic oxidation sites excluding steroid dienone is 2. The molecular weight excluding hydrogens is 364 g/mol. The topological polar surface area (TPSA) is 132 Å². The second kappa shape index (κ2) is 15.2. The first-order valence-electron chi connectivity index (χ1n) is 9.41. The molecule has 156 valence electrons. The molecule has 0 unspecified atom stereocenters. The van der Waals surface area contributed by atoms with Crippen LogP contribution in [0.2, 0.25) is 0 Å². The molecule has 0 amide bonds. The lowest BCUT2D eigenvalue weighted by molar-refractivity contribution is -0.143. The molecule has 0 atom stereocenters. The fourth-order valence-corrected chi connectivity index (χ4v) is 2.29. The highest BCUT2D eigenvalue weighted by Crippen LogP contribution is 2.19. The molecule has 1 aromatic rings. The van der Waals surface area contributed by atoms with E-state index in [2.05, 4.69) is 13.0 Å². The third-order valence-corrected chi connectivity index (χ3v) is 3.86. The van der Waals surface area contributed by atoms with Crippen LogP contribution in [0.25, 0.3) is 0 Å². The zero-order chi connectivity index (χ0) is 21.4. The number of phenols is 1. The average Bonchev–Trinajstić information content (AvgIpc) is 2.64. The molecule has 0 saturated carbocycles. The molecule has 0 saturated heterocycles. The molecule has 0 radical (unpaired) electrons. The number of aromatic hydroxyl groups is 1. The van der Waals surface area contributed by atoms with Crippen LogP contribution in [0.1, 0.15) is 74.2 Å². The average molecular weight is 394 g/mol. The standard InChI is InChI=1S/C17H24O3.C4H6O4/c1-2-3-4-5-6-7-8-9-10-14-13-15(17(19)20)11-12-16(14)18;5-3(6)1-2-4(7)8/h8-9,11-13,18H,2-7,10H2,1H3,(H,19,20);1-2H2,(H,5,6)(H,7,8). The van der Waals surface area contributed by atoms with Crippen LogP contribution >= 0.6 is 0 Å². The van der Waals surface area contributed by atoms with Gasteiger partial charge in [0.25, 0.3) is 0 Å².